The van der Waals surface area contributed by atoms with Crippen LogP contribution >= 0.6 is 11.3 Å². The Labute approximate surface area is 231 Å². The Kier molecular flexibility index (Phi) is 7.96. The minimum atomic E-state index is -4.85. The number of nitrogens with two attached hydrogens (primary N) is 1. The molecule has 11 nitrogen and oxygen atoms in total. The zero-order chi connectivity index (χ0) is 29.6. The number of hydrogen-bond donors (Lipinski definition) is 3. The lowest BCUT2D eigenvalue weighted by Gasteiger charge is -2.34. The number of thiophene rings is 1. The Morgan fingerprint density at radius 1 is 1.30 bits per heavy atom. The second kappa shape index (κ2) is 10.7. The number of piperidine rings is 1. The van der Waals surface area contributed by atoms with Gasteiger partial charge < -0.3 is 16.2 Å². The number of hydrogen-bond acceptors (Lipinski definition) is 9. The molecule has 1 amide bonds. The third-order valence-electron chi connectivity index (χ3n) is 6.13. The zero-order valence-electron chi connectivity index (χ0n) is 21.6. The summed E-state index contributed by atoms with van der Waals surface area (Å²) in [6.45, 7) is 2.41. The van der Waals surface area contributed by atoms with E-state index in [0.717, 1.165) is 21.8 Å². The Balaban J connectivity index is 1.61. The lowest BCUT2D eigenvalue weighted by atomic mass is 10.0. The topological polar surface area (TPSA) is 156 Å². The summed E-state index contributed by atoms with van der Waals surface area (Å²) < 4.78 is 84.6. The van der Waals surface area contributed by atoms with Gasteiger partial charge in [-0.3, -0.25) is 9.48 Å². The van der Waals surface area contributed by atoms with Gasteiger partial charge in [-0.25, -0.2) is 22.8 Å². The van der Waals surface area contributed by atoms with Gasteiger partial charge in [0.1, 0.15) is 16.6 Å². The first kappa shape index (κ1) is 29.8. The molecule has 3 aromatic rings. The maximum absolute atomic E-state index is 15.1. The second-order valence-electron chi connectivity index (χ2n) is 10.0. The number of rotatable bonds is 8. The van der Waals surface area contributed by atoms with Crippen LogP contribution in [0.3, 0.4) is 0 Å². The van der Waals surface area contributed by atoms with Crippen LogP contribution in [0.1, 0.15) is 41.1 Å². The molecule has 0 radical (unpaired) electrons. The lowest BCUT2D eigenvalue weighted by Crippen LogP contribution is -2.50. The molecule has 0 unspecified atom stereocenters. The van der Waals surface area contributed by atoms with Crippen molar-refractivity contribution in [1.82, 2.24) is 24.1 Å². The summed E-state index contributed by atoms with van der Waals surface area (Å²) in [6.07, 6.45) is -3.62. The molecule has 0 aliphatic carbocycles. The Bertz CT molecular complexity index is 1520. The molecular weight excluding hydrogens is 578 g/mol. The number of carbonyl (C=O) groups excluding carboxylic acids is 1. The third-order valence-corrected chi connectivity index (χ3v) is 9.09. The van der Waals surface area contributed by atoms with Gasteiger partial charge in [0.05, 0.1) is 34.0 Å². The number of sulfonamides is 1. The van der Waals surface area contributed by atoms with Crippen LogP contribution in [-0.4, -0.2) is 74.4 Å². The Morgan fingerprint density at radius 3 is 2.55 bits per heavy atom. The molecule has 1 fully saturated rings. The first-order chi connectivity index (χ1) is 18.5. The third kappa shape index (κ3) is 6.42. The number of alkyl halides is 4. The van der Waals surface area contributed by atoms with Crippen molar-refractivity contribution in [2.75, 3.05) is 18.4 Å². The molecule has 0 bridgehead atoms. The van der Waals surface area contributed by atoms with Gasteiger partial charge >= 0.3 is 6.18 Å². The van der Waals surface area contributed by atoms with E-state index in [1.54, 1.807) is 7.05 Å². The van der Waals surface area contributed by atoms with E-state index in [4.69, 9.17) is 5.73 Å². The zero-order valence-corrected chi connectivity index (χ0v) is 23.2. The van der Waals surface area contributed by atoms with Crippen molar-refractivity contribution in [3.8, 4) is 10.6 Å². The van der Waals surface area contributed by atoms with Crippen molar-refractivity contribution in [1.29, 1.82) is 0 Å². The van der Waals surface area contributed by atoms with Crippen molar-refractivity contribution in [3.63, 3.8) is 0 Å². The SMILES string of the molecule is Cn1cc(S(=O)(=O)N2CC[C@@H](Nc3ncc(C(F)(F)F)c(-c4cc(C(N)=O)c(CC(C)(C)O)s4)n3)[C@H](F)C2)cn1. The van der Waals surface area contributed by atoms with Crippen molar-refractivity contribution in [2.45, 2.75) is 55.6 Å². The number of aromatic nitrogens is 4. The van der Waals surface area contributed by atoms with Crippen LogP contribution in [0.5, 0.6) is 0 Å². The number of primary amides is 1. The van der Waals surface area contributed by atoms with Crippen LogP contribution in [0.15, 0.2) is 29.6 Å². The van der Waals surface area contributed by atoms with E-state index in [0.29, 0.717) is 6.20 Å². The van der Waals surface area contributed by atoms with Crippen LogP contribution in [0.4, 0.5) is 23.5 Å². The van der Waals surface area contributed by atoms with Gasteiger partial charge in [0.15, 0.2) is 0 Å². The van der Waals surface area contributed by atoms with Crippen molar-refractivity contribution in [3.05, 3.63) is 40.7 Å². The summed E-state index contributed by atoms with van der Waals surface area (Å²) in [5.41, 5.74) is 2.37. The highest BCUT2D eigenvalue weighted by Gasteiger charge is 2.39. The van der Waals surface area contributed by atoms with Gasteiger partial charge in [0.2, 0.25) is 21.9 Å². The fourth-order valence-corrected chi connectivity index (χ4v) is 7.07. The molecule has 4 heterocycles. The Hall–Kier alpha value is -3.15. The molecule has 218 valence electrons. The van der Waals surface area contributed by atoms with E-state index in [-0.39, 0.29) is 45.5 Å². The van der Waals surface area contributed by atoms with Crippen LogP contribution < -0.4 is 11.1 Å². The molecule has 2 atom stereocenters. The average molecular weight is 606 g/mol. The van der Waals surface area contributed by atoms with Crippen molar-refractivity contribution >= 4 is 33.2 Å². The van der Waals surface area contributed by atoms with Crippen LogP contribution in [0.25, 0.3) is 10.6 Å². The first-order valence-corrected chi connectivity index (χ1v) is 14.2. The number of anilines is 1. The van der Waals surface area contributed by atoms with Gasteiger partial charge in [0.25, 0.3) is 0 Å². The highest BCUT2D eigenvalue weighted by molar-refractivity contribution is 7.89. The molecule has 1 aliphatic rings. The lowest BCUT2D eigenvalue weighted by molar-refractivity contribution is -0.137. The van der Waals surface area contributed by atoms with Crippen molar-refractivity contribution < 1.29 is 35.9 Å². The normalized spacial score (nSPS) is 19.1. The molecule has 1 aliphatic heterocycles. The number of carbonyl (C=O) groups is 1. The van der Waals surface area contributed by atoms with Crippen LogP contribution in [-0.2, 0) is 29.7 Å². The smallest absolute Gasteiger partial charge is 0.390 e. The summed E-state index contributed by atoms with van der Waals surface area (Å²) >= 11 is 0.823. The minimum Gasteiger partial charge on any atom is -0.390 e. The summed E-state index contributed by atoms with van der Waals surface area (Å²) in [6, 6.07) is 0.190. The molecule has 17 heteroatoms. The largest absolute Gasteiger partial charge is 0.420 e. The van der Waals surface area contributed by atoms with Crippen LogP contribution in [0, 0.1) is 0 Å². The second-order valence-corrected chi connectivity index (χ2v) is 13.1. The summed E-state index contributed by atoms with van der Waals surface area (Å²) in [5, 5.41) is 16.7. The number of nitrogens with one attached hydrogen (secondary N) is 1. The number of aryl methyl sites for hydroxylation is 1. The van der Waals surface area contributed by atoms with Crippen molar-refractivity contribution in [2.24, 2.45) is 12.8 Å². The van der Waals surface area contributed by atoms with E-state index in [9.17, 15) is 31.5 Å². The molecule has 1 saturated heterocycles. The van der Waals surface area contributed by atoms with Gasteiger partial charge in [-0.15, -0.1) is 11.3 Å². The van der Waals surface area contributed by atoms with Gasteiger partial charge in [0, 0.05) is 43.8 Å². The van der Waals surface area contributed by atoms with Gasteiger partial charge in [-0.1, -0.05) is 0 Å². The minimum absolute atomic E-state index is 0.0130. The number of amides is 1. The number of aliphatic hydroxyl groups is 1. The molecular formula is C23H27F4N7O4S2. The fraction of sp³-hybridized carbons (Fsp3) is 0.478. The molecule has 4 N–H and O–H groups in total. The highest BCUT2D eigenvalue weighted by atomic mass is 32.2. The van der Waals surface area contributed by atoms with E-state index in [1.807, 2.05) is 0 Å². The predicted octanol–water partition coefficient (Wildman–Crippen LogP) is 2.58. The summed E-state index contributed by atoms with van der Waals surface area (Å²) in [5.74, 6) is -1.19. The van der Waals surface area contributed by atoms with E-state index in [2.05, 4.69) is 20.4 Å². The number of nitrogens with zero attached hydrogens (tertiary/aromatic N) is 5. The maximum atomic E-state index is 15.1. The Morgan fingerprint density at radius 2 is 2.00 bits per heavy atom. The molecule has 0 saturated carbocycles. The maximum Gasteiger partial charge on any atom is 0.420 e. The fourth-order valence-electron chi connectivity index (χ4n) is 4.23. The monoisotopic (exact) mass is 605 g/mol. The molecule has 0 aromatic carbocycles. The molecule has 4 rings (SSSR count). The van der Waals surface area contributed by atoms with E-state index < -0.39 is 57.7 Å². The predicted molar refractivity (Wildman–Crippen MR) is 138 cm³/mol. The standard InChI is InChI=1S/C23H27F4N7O4S2/c1-22(2,36)7-18-13(20(28)35)6-17(39-18)19-14(23(25,26)27)9-29-21(32-19)31-16-4-5-34(11-15(16)24)40(37,38)12-8-30-33(3)10-12/h6,8-10,15-16,36H,4-5,7,11H2,1-3H3,(H2,28,35)(H,29,31,32)/t15-,16-/m1/s1. The quantitative estimate of drug-likeness (QED) is 0.331. The first-order valence-electron chi connectivity index (χ1n) is 11.9. The van der Waals surface area contributed by atoms with Crippen LogP contribution in [0.2, 0.25) is 0 Å². The van der Waals surface area contributed by atoms with E-state index >= 15 is 4.39 Å². The molecule has 40 heavy (non-hydrogen) atoms. The number of halogens is 4. The average Bonchev–Trinajstić information content (AvgIpc) is 3.45. The summed E-state index contributed by atoms with van der Waals surface area (Å²) in [7, 11) is -2.44. The van der Waals surface area contributed by atoms with Gasteiger partial charge in [-0.2, -0.15) is 22.6 Å². The van der Waals surface area contributed by atoms with Gasteiger partial charge in [-0.05, 0) is 26.3 Å². The van der Waals surface area contributed by atoms with E-state index in [1.165, 1.54) is 30.8 Å². The molecule has 0 spiro atoms. The molecule has 3 aromatic heterocycles. The highest BCUT2D eigenvalue weighted by Crippen LogP contribution is 2.40. The summed E-state index contributed by atoms with van der Waals surface area (Å²) in [4.78, 5) is 19.9.